The minimum atomic E-state index is 0.0821. The molecule has 0 aliphatic heterocycles. The Morgan fingerprint density at radius 1 is 1.10 bits per heavy atom. The third kappa shape index (κ3) is 6.08. The number of hydrogen-bond donors (Lipinski definition) is 1. The number of hydrogen-bond acceptors (Lipinski definition) is 2. The number of pyridine rings is 1. The molecule has 0 fully saturated rings. The topological polar surface area (TPSA) is 42.0 Å². The van der Waals surface area contributed by atoms with Gasteiger partial charge in [-0.1, -0.05) is 34.1 Å². The Kier molecular flexibility index (Phi) is 6.41. The van der Waals surface area contributed by atoms with Gasteiger partial charge in [0.1, 0.15) is 0 Å². The van der Waals surface area contributed by atoms with Crippen molar-refractivity contribution in [3.8, 4) is 0 Å². The molecule has 1 heterocycles. The van der Waals surface area contributed by atoms with Crippen LogP contribution in [0.4, 0.5) is 0 Å². The highest BCUT2D eigenvalue weighted by atomic mass is 79.9. The van der Waals surface area contributed by atoms with Crippen LogP contribution >= 0.6 is 15.9 Å². The van der Waals surface area contributed by atoms with Crippen molar-refractivity contribution in [3.05, 3.63) is 64.4 Å². The quantitative estimate of drug-likeness (QED) is 0.779. The van der Waals surface area contributed by atoms with Gasteiger partial charge in [0, 0.05) is 23.4 Å². The van der Waals surface area contributed by atoms with Crippen LogP contribution in [0.1, 0.15) is 24.0 Å². The average Bonchev–Trinajstić information content (AvgIpc) is 2.50. The second-order valence-electron chi connectivity index (χ2n) is 4.97. The van der Waals surface area contributed by atoms with E-state index in [1.54, 1.807) is 6.20 Å². The van der Waals surface area contributed by atoms with Gasteiger partial charge < -0.3 is 5.32 Å². The lowest BCUT2D eigenvalue weighted by atomic mass is 10.1. The van der Waals surface area contributed by atoms with Gasteiger partial charge in [0.2, 0.25) is 5.91 Å². The summed E-state index contributed by atoms with van der Waals surface area (Å²) in [6, 6.07) is 11.9. The normalized spacial score (nSPS) is 10.3. The van der Waals surface area contributed by atoms with Crippen molar-refractivity contribution in [3.63, 3.8) is 0 Å². The van der Waals surface area contributed by atoms with Crippen LogP contribution in [-0.2, 0) is 17.6 Å². The highest BCUT2D eigenvalue weighted by Gasteiger charge is 2.02. The molecule has 0 radical (unpaired) electrons. The number of aromatic nitrogens is 1. The van der Waals surface area contributed by atoms with E-state index in [2.05, 4.69) is 32.3 Å². The maximum absolute atomic E-state index is 11.8. The zero-order valence-corrected chi connectivity index (χ0v) is 13.5. The first-order valence-electron chi connectivity index (χ1n) is 7.14. The van der Waals surface area contributed by atoms with Crippen LogP contribution in [0.25, 0.3) is 0 Å². The number of carbonyl (C=O) groups excluding carboxylic acids is 1. The standard InChI is InChI=1S/C17H19BrN2O/c18-16-8-6-14(7-9-16)12-17(21)20-11-2-1-4-15-5-3-10-19-13-15/h3,5-10,13H,1-2,4,11-12H2,(H,20,21). The first kappa shape index (κ1) is 15.7. The third-order valence-corrected chi connectivity index (χ3v) is 3.74. The molecule has 0 saturated carbocycles. The van der Waals surface area contributed by atoms with E-state index in [1.165, 1.54) is 5.56 Å². The fourth-order valence-corrected chi connectivity index (χ4v) is 2.34. The number of nitrogens with one attached hydrogen (secondary N) is 1. The highest BCUT2D eigenvalue weighted by molar-refractivity contribution is 9.10. The van der Waals surface area contributed by atoms with Crippen molar-refractivity contribution in [1.29, 1.82) is 0 Å². The summed E-state index contributed by atoms with van der Waals surface area (Å²) in [4.78, 5) is 15.9. The van der Waals surface area contributed by atoms with Crippen molar-refractivity contribution in [2.45, 2.75) is 25.7 Å². The molecule has 0 bridgehead atoms. The SMILES string of the molecule is O=C(Cc1ccc(Br)cc1)NCCCCc1cccnc1. The minimum absolute atomic E-state index is 0.0821. The lowest BCUT2D eigenvalue weighted by Crippen LogP contribution is -2.26. The van der Waals surface area contributed by atoms with E-state index >= 15 is 0 Å². The first-order chi connectivity index (χ1) is 10.2. The van der Waals surface area contributed by atoms with Crippen molar-refractivity contribution in [1.82, 2.24) is 10.3 Å². The Morgan fingerprint density at radius 3 is 2.62 bits per heavy atom. The molecule has 1 N–H and O–H groups in total. The Morgan fingerprint density at radius 2 is 1.90 bits per heavy atom. The summed E-state index contributed by atoms with van der Waals surface area (Å²) in [6.07, 6.45) is 7.18. The Hall–Kier alpha value is -1.68. The lowest BCUT2D eigenvalue weighted by molar-refractivity contribution is -0.120. The Bertz CT molecular complexity index is 555. The largest absolute Gasteiger partial charge is 0.356 e. The van der Waals surface area contributed by atoms with E-state index in [-0.39, 0.29) is 5.91 Å². The predicted molar refractivity (Wildman–Crippen MR) is 88.0 cm³/mol. The second kappa shape index (κ2) is 8.57. The Balaban J connectivity index is 1.60. The highest BCUT2D eigenvalue weighted by Crippen LogP contribution is 2.10. The van der Waals surface area contributed by atoms with Crippen molar-refractivity contribution < 1.29 is 4.79 Å². The van der Waals surface area contributed by atoms with Crippen LogP contribution in [0.5, 0.6) is 0 Å². The van der Waals surface area contributed by atoms with E-state index in [0.717, 1.165) is 35.8 Å². The number of benzene rings is 1. The van der Waals surface area contributed by atoms with Gasteiger partial charge >= 0.3 is 0 Å². The van der Waals surface area contributed by atoms with Crippen LogP contribution in [0.3, 0.4) is 0 Å². The van der Waals surface area contributed by atoms with E-state index in [0.29, 0.717) is 6.42 Å². The van der Waals surface area contributed by atoms with E-state index in [4.69, 9.17) is 0 Å². The monoisotopic (exact) mass is 346 g/mol. The molecule has 0 spiro atoms. The molecule has 1 aromatic carbocycles. The number of nitrogens with zero attached hydrogens (tertiary/aromatic N) is 1. The number of halogens is 1. The molecule has 1 aromatic heterocycles. The predicted octanol–water partition coefficient (Wildman–Crippen LogP) is 3.53. The summed E-state index contributed by atoms with van der Waals surface area (Å²) in [5.41, 5.74) is 2.28. The molecule has 110 valence electrons. The van der Waals surface area contributed by atoms with E-state index < -0.39 is 0 Å². The first-order valence-corrected chi connectivity index (χ1v) is 7.93. The number of rotatable bonds is 7. The van der Waals surface area contributed by atoms with Gasteiger partial charge in [-0.15, -0.1) is 0 Å². The summed E-state index contributed by atoms with van der Waals surface area (Å²) in [7, 11) is 0. The number of unbranched alkanes of at least 4 members (excludes halogenated alkanes) is 1. The maximum Gasteiger partial charge on any atom is 0.224 e. The smallest absolute Gasteiger partial charge is 0.224 e. The van der Waals surface area contributed by atoms with Gasteiger partial charge in [0.05, 0.1) is 6.42 Å². The van der Waals surface area contributed by atoms with E-state index in [1.807, 2.05) is 36.5 Å². The summed E-state index contributed by atoms with van der Waals surface area (Å²) >= 11 is 3.39. The summed E-state index contributed by atoms with van der Waals surface area (Å²) in [5.74, 6) is 0.0821. The Labute approximate surface area is 133 Å². The summed E-state index contributed by atoms with van der Waals surface area (Å²) in [5, 5.41) is 2.97. The van der Waals surface area contributed by atoms with Gasteiger partial charge in [-0.3, -0.25) is 9.78 Å². The fraction of sp³-hybridized carbons (Fsp3) is 0.294. The number of amides is 1. The van der Waals surface area contributed by atoms with Gasteiger partial charge in [0.25, 0.3) is 0 Å². The molecule has 0 aliphatic rings. The zero-order valence-electron chi connectivity index (χ0n) is 11.9. The van der Waals surface area contributed by atoms with Gasteiger partial charge in [-0.2, -0.15) is 0 Å². The fourth-order valence-electron chi connectivity index (χ4n) is 2.08. The van der Waals surface area contributed by atoms with E-state index in [9.17, 15) is 4.79 Å². The molecule has 0 aliphatic carbocycles. The lowest BCUT2D eigenvalue weighted by Gasteiger charge is -2.05. The molecule has 0 atom stereocenters. The number of carbonyl (C=O) groups is 1. The van der Waals surface area contributed by atoms with Crippen molar-refractivity contribution >= 4 is 21.8 Å². The minimum Gasteiger partial charge on any atom is -0.356 e. The van der Waals surface area contributed by atoms with Gasteiger partial charge in [-0.25, -0.2) is 0 Å². The van der Waals surface area contributed by atoms with Crippen LogP contribution in [0.15, 0.2) is 53.3 Å². The molecule has 1 amide bonds. The van der Waals surface area contributed by atoms with Crippen LogP contribution in [-0.4, -0.2) is 17.4 Å². The zero-order chi connectivity index (χ0) is 14.9. The van der Waals surface area contributed by atoms with Gasteiger partial charge in [0.15, 0.2) is 0 Å². The van der Waals surface area contributed by atoms with Gasteiger partial charge in [-0.05, 0) is 48.6 Å². The molecule has 0 saturated heterocycles. The molecular formula is C17H19BrN2O. The summed E-state index contributed by atoms with van der Waals surface area (Å²) < 4.78 is 1.03. The van der Waals surface area contributed by atoms with Crippen molar-refractivity contribution in [2.24, 2.45) is 0 Å². The molecule has 21 heavy (non-hydrogen) atoms. The molecule has 2 aromatic rings. The molecule has 2 rings (SSSR count). The molecule has 3 nitrogen and oxygen atoms in total. The van der Waals surface area contributed by atoms with Crippen molar-refractivity contribution in [2.75, 3.05) is 6.54 Å². The van der Waals surface area contributed by atoms with Crippen LogP contribution in [0.2, 0.25) is 0 Å². The average molecular weight is 347 g/mol. The third-order valence-electron chi connectivity index (χ3n) is 3.22. The van der Waals surface area contributed by atoms with Crippen LogP contribution in [0, 0.1) is 0 Å². The molecule has 4 heteroatoms. The summed E-state index contributed by atoms with van der Waals surface area (Å²) in [6.45, 7) is 0.732. The molecular weight excluding hydrogens is 328 g/mol. The second-order valence-corrected chi connectivity index (χ2v) is 5.89. The molecule has 0 unspecified atom stereocenters. The number of aryl methyl sites for hydroxylation is 1. The van der Waals surface area contributed by atoms with Crippen LogP contribution < -0.4 is 5.32 Å². The maximum atomic E-state index is 11.8.